The Labute approximate surface area is 125 Å². The summed E-state index contributed by atoms with van der Waals surface area (Å²) in [4.78, 5) is 4.33. The number of nitrogens with two attached hydrogens (primary N) is 1. The van der Waals surface area contributed by atoms with Gasteiger partial charge in [0.15, 0.2) is 11.5 Å². The predicted octanol–water partition coefficient (Wildman–Crippen LogP) is 2.87. The van der Waals surface area contributed by atoms with Gasteiger partial charge in [-0.05, 0) is 56.1 Å². The first-order valence-corrected chi connectivity index (χ1v) is 7.23. The zero-order chi connectivity index (χ0) is 15.1. The van der Waals surface area contributed by atoms with Gasteiger partial charge in [-0.25, -0.2) is 0 Å². The minimum atomic E-state index is 0.434. The van der Waals surface area contributed by atoms with Gasteiger partial charge in [0.1, 0.15) is 6.61 Å². The fourth-order valence-electron chi connectivity index (χ4n) is 2.08. The molecule has 2 rings (SSSR count). The second kappa shape index (κ2) is 7.64. The lowest BCUT2D eigenvalue weighted by molar-refractivity contribution is 0.265. The van der Waals surface area contributed by atoms with Crippen LogP contribution < -0.4 is 15.2 Å². The van der Waals surface area contributed by atoms with Crippen LogP contribution in [0.15, 0.2) is 36.5 Å². The highest BCUT2D eigenvalue weighted by Crippen LogP contribution is 2.29. The summed E-state index contributed by atoms with van der Waals surface area (Å²) in [7, 11) is 0. The van der Waals surface area contributed by atoms with Crippen LogP contribution in [0.1, 0.15) is 23.7 Å². The Balaban J connectivity index is 2.13. The van der Waals surface area contributed by atoms with Crippen molar-refractivity contribution in [3.8, 4) is 11.5 Å². The molecule has 0 radical (unpaired) electrons. The van der Waals surface area contributed by atoms with Crippen molar-refractivity contribution in [1.29, 1.82) is 0 Å². The maximum Gasteiger partial charge on any atom is 0.161 e. The average Bonchev–Trinajstić information content (AvgIpc) is 2.49. The summed E-state index contributed by atoms with van der Waals surface area (Å²) in [6.07, 6.45) is 2.61. The molecule has 2 aromatic rings. The number of aromatic nitrogens is 1. The summed E-state index contributed by atoms with van der Waals surface area (Å²) in [5.74, 6) is 1.50. The van der Waals surface area contributed by atoms with E-state index in [9.17, 15) is 0 Å². The summed E-state index contributed by atoms with van der Waals surface area (Å²) in [6, 6.07) is 9.91. The SMILES string of the molecule is CCOc1cc(CCN)ccc1OCc1ncccc1C. The summed E-state index contributed by atoms with van der Waals surface area (Å²) in [5, 5.41) is 0. The number of hydrogen-bond acceptors (Lipinski definition) is 4. The van der Waals surface area contributed by atoms with Gasteiger partial charge < -0.3 is 15.2 Å². The highest BCUT2D eigenvalue weighted by Gasteiger charge is 2.08. The molecule has 0 unspecified atom stereocenters. The number of rotatable bonds is 7. The molecule has 0 aliphatic carbocycles. The fourth-order valence-corrected chi connectivity index (χ4v) is 2.08. The Hall–Kier alpha value is -2.07. The Morgan fingerprint density at radius 2 is 2.00 bits per heavy atom. The maximum atomic E-state index is 5.87. The van der Waals surface area contributed by atoms with Crippen molar-refractivity contribution in [2.45, 2.75) is 26.9 Å². The number of nitrogens with zero attached hydrogens (tertiary/aromatic N) is 1. The molecule has 0 fully saturated rings. The summed E-state index contributed by atoms with van der Waals surface area (Å²) < 4.78 is 11.5. The highest BCUT2D eigenvalue weighted by molar-refractivity contribution is 5.43. The lowest BCUT2D eigenvalue weighted by Crippen LogP contribution is -2.05. The minimum absolute atomic E-state index is 0.434. The molecule has 1 aromatic carbocycles. The van der Waals surface area contributed by atoms with Crippen molar-refractivity contribution in [3.05, 3.63) is 53.3 Å². The summed E-state index contributed by atoms with van der Waals surface area (Å²) in [6.45, 7) is 5.65. The van der Waals surface area contributed by atoms with Crippen LogP contribution in [0.2, 0.25) is 0 Å². The second-order valence-electron chi connectivity index (χ2n) is 4.81. The van der Waals surface area contributed by atoms with Gasteiger partial charge in [-0.15, -0.1) is 0 Å². The molecule has 0 aliphatic heterocycles. The molecule has 0 aliphatic rings. The molecular weight excluding hydrogens is 264 g/mol. The highest BCUT2D eigenvalue weighted by atomic mass is 16.5. The monoisotopic (exact) mass is 286 g/mol. The Morgan fingerprint density at radius 3 is 2.71 bits per heavy atom. The quantitative estimate of drug-likeness (QED) is 0.850. The van der Waals surface area contributed by atoms with Gasteiger partial charge in [-0.3, -0.25) is 4.98 Å². The van der Waals surface area contributed by atoms with Crippen LogP contribution in [0.5, 0.6) is 11.5 Å². The molecule has 1 heterocycles. The van der Waals surface area contributed by atoms with Crippen LogP contribution in [0.25, 0.3) is 0 Å². The van der Waals surface area contributed by atoms with Crippen molar-refractivity contribution >= 4 is 0 Å². The van der Waals surface area contributed by atoms with E-state index < -0.39 is 0 Å². The largest absolute Gasteiger partial charge is 0.490 e. The first-order valence-electron chi connectivity index (χ1n) is 7.23. The smallest absolute Gasteiger partial charge is 0.161 e. The Morgan fingerprint density at radius 1 is 1.14 bits per heavy atom. The van der Waals surface area contributed by atoms with Gasteiger partial charge in [0.2, 0.25) is 0 Å². The van der Waals surface area contributed by atoms with Crippen molar-refractivity contribution < 1.29 is 9.47 Å². The molecule has 0 saturated carbocycles. The van der Waals surface area contributed by atoms with E-state index in [2.05, 4.69) is 4.98 Å². The van der Waals surface area contributed by atoms with E-state index in [1.165, 1.54) is 0 Å². The first-order chi connectivity index (χ1) is 10.2. The van der Waals surface area contributed by atoms with Crippen molar-refractivity contribution in [1.82, 2.24) is 4.98 Å². The zero-order valence-electron chi connectivity index (χ0n) is 12.6. The van der Waals surface area contributed by atoms with E-state index in [1.807, 2.05) is 44.2 Å². The van der Waals surface area contributed by atoms with E-state index in [4.69, 9.17) is 15.2 Å². The van der Waals surface area contributed by atoms with Crippen LogP contribution in [0, 0.1) is 6.92 Å². The lowest BCUT2D eigenvalue weighted by Gasteiger charge is -2.13. The molecule has 0 amide bonds. The molecule has 1 aromatic heterocycles. The van der Waals surface area contributed by atoms with E-state index in [0.717, 1.165) is 34.7 Å². The standard InChI is InChI=1S/C17H22N2O2/c1-3-20-17-11-14(8-9-18)6-7-16(17)21-12-15-13(2)5-4-10-19-15/h4-7,10-11H,3,8-9,12,18H2,1-2H3. The number of benzene rings is 1. The normalized spacial score (nSPS) is 10.4. The zero-order valence-corrected chi connectivity index (χ0v) is 12.6. The van der Waals surface area contributed by atoms with E-state index in [-0.39, 0.29) is 0 Å². The molecule has 0 spiro atoms. The Bertz CT molecular complexity index is 585. The third-order valence-electron chi connectivity index (χ3n) is 3.22. The number of pyridine rings is 1. The van der Waals surface area contributed by atoms with Gasteiger partial charge in [-0.2, -0.15) is 0 Å². The van der Waals surface area contributed by atoms with E-state index in [1.54, 1.807) is 6.20 Å². The van der Waals surface area contributed by atoms with Crippen molar-refractivity contribution in [3.63, 3.8) is 0 Å². The molecule has 21 heavy (non-hydrogen) atoms. The lowest BCUT2D eigenvalue weighted by atomic mass is 10.1. The predicted molar refractivity (Wildman–Crippen MR) is 83.7 cm³/mol. The van der Waals surface area contributed by atoms with Crippen LogP contribution >= 0.6 is 0 Å². The van der Waals surface area contributed by atoms with E-state index in [0.29, 0.717) is 19.8 Å². The van der Waals surface area contributed by atoms with Gasteiger partial charge in [-0.1, -0.05) is 12.1 Å². The van der Waals surface area contributed by atoms with Gasteiger partial charge in [0, 0.05) is 6.20 Å². The average molecular weight is 286 g/mol. The van der Waals surface area contributed by atoms with Crippen LogP contribution in [0.3, 0.4) is 0 Å². The van der Waals surface area contributed by atoms with Crippen LogP contribution in [0.4, 0.5) is 0 Å². The minimum Gasteiger partial charge on any atom is -0.490 e. The Kier molecular flexibility index (Phi) is 5.58. The van der Waals surface area contributed by atoms with Crippen molar-refractivity contribution in [2.75, 3.05) is 13.2 Å². The van der Waals surface area contributed by atoms with Gasteiger partial charge >= 0.3 is 0 Å². The van der Waals surface area contributed by atoms with Gasteiger partial charge in [0.25, 0.3) is 0 Å². The molecule has 0 atom stereocenters. The molecule has 2 N–H and O–H groups in total. The first kappa shape index (κ1) is 15.3. The van der Waals surface area contributed by atoms with Crippen LogP contribution in [-0.4, -0.2) is 18.1 Å². The molecule has 4 heteroatoms. The summed E-state index contributed by atoms with van der Waals surface area (Å²) in [5.41, 5.74) is 8.81. The second-order valence-corrected chi connectivity index (χ2v) is 4.81. The fraction of sp³-hybridized carbons (Fsp3) is 0.353. The number of hydrogen-bond donors (Lipinski definition) is 1. The van der Waals surface area contributed by atoms with E-state index >= 15 is 0 Å². The van der Waals surface area contributed by atoms with Gasteiger partial charge in [0.05, 0.1) is 12.3 Å². The maximum absolute atomic E-state index is 5.87. The molecular formula is C17H22N2O2. The van der Waals surface area contributed by atoms with Crippen LogP contribution in [-0.2, 0) is 13.0 Å². The molecule has 0 bridgehead atoms. The third kappa shape index (κ3) is 4.20. The molecule has 0 saturated heterocycles. The van der Waals surface area contributed by atoms with Crippen molar-refractivity contribution in [2.24, 2.45) is 5.73 Å². The number of aryl methyl sites for hydroxylation is 1. The third-order valence-corrected chi connectivity index (χ3v) is 3.22. The summed E-state index contributed by atoms with van der Waals surface area (Å²) >= 11 is 0. The molecule has 112 valence electrons. The number of ether oxygens (including phenoxy) is 2. The topological polar surface area (TPSA) is 57.4 Å². The molecule has 4 nitrogen and oxygen atoms in total.